The molecule has 1 aliphatic rings. The normalized spacial score (nSPS) is 16.9. The Morgan fingerprint density at radius 3 is 2.60 bits per heavy atom. The Morgan fingerprint density at radius 2 is 1.90 bits per heavy atom. The van der Waals surface area contributed by atoms with Crippen molar-refractivity contribution in [2.75, 3.05) is 44.7 Å². The second-order valence-electron chi connectivity index (χ2n) is 4.42. The summed E-state index contributed by atoms with van der Waals surface area (Å²) in [5.74, 6) is -0.207. The van der Waals surface area contributed by atoms with Crippen LogP contribution in [0, 0.1) is 0 Å². The van der Waals surface area contributed by atoms with E-state index in [-0.39, 0.29) is 5.75 Å². The third kappa shape index (κ3) is 4.90. The lowest BCUT2D eigenvalue weighted by molar-refractivity contribution is -0.274. The molecule has 1 fully saturated rings. The molecular weight excluding hydrogens is 273 g/mol. The molecule has 1 aromatic carbocycles. The number of ether oxygens (including phenoxy) is 2. The monoisotopic (exact) mass is 290 g/mol. The lowest BCUT2D eigenvalue weighted by atomic mass is 10.3. The first-order chi connectivity index (χ1) is 9.54. The number of halogens is 3. The zero-order valence-electron chi connectivity index (χ0n) is 10.9. The van der Waals surface area contributed by atoms with Gasteiger partial charge in [0.05, 0.1) is 18.9 Å². The van der Waals surface area contributed by atoms with Crippen molar-refractivity contribution < 1.29 is 22.6 Å². The second-order valence-corrected chi connectivity index (χ2v) is 4.42. The Morgan fingerprint density at radius 1 is 1.20 bits per heavy atom. The Balaban J connectivity index is 1.85. The molecule has 1 saturated heterocycles. The van der Waals surface area contributed by atoms with Crippen LogP contribution in [0.5, 0.6) is 5.75 Å². The highest BCUT2D eigenvalue weighted by Crippen LogP contribution is 2.29. The highest BCUT2D eigenvalue weighted by molar-refractivity contribution is 5.56. The minimum Gasteiger partial charge on any atom is -0.404 e. The fraction of sp³-hybridized carbons (Fsp3) is 0.538. The molecule has 7 heteroatoms. The highest BCUT2D eigenvalue weighted by atomic mass is 19.4. The maximum absolute atomic E-state index is 12.3. The summed E-state index contributed by atoms with van der Waals surface area (Å²) in [4.78, 5) is 2.20. The lowest BCUT2D eigenvalue weighted by Crippen LogP contribution is -2.39. The smallest absolute Gasteiger partial charge is 0.404 e. The van der Waals surface area contributed by atoms with Crippen LogP contribution in [-0.4, -0.2) is 50.7 Å². The topological polar surface area (TPSA) is 33.7 Å². The maximum atomic E-state index is 12.3. The molecule has 1 aromatic rings. The number of hydrogen-bond acceptors (Lipinski definition) is 4. The molecule has 20 heavy (non-hydrogen) atoms. The standard InChI is InChI=1S/C13H17F3N2O2/c14-13(15,16)20-12-4-2-1-3-11(12)17-5-6-18-7-9-19-10-8-18/h1-4,17H,5-10H2. The van der Waals surface area contributed by atoms with Crippen LogP contribution in [0.4, 0.5) is 18.9 Å². The number of benzene rings is 1. The summed E-state index contributed by atoms with van der Waals surface area (Å²) in [7, 11) is 0. The third-order valence-corrected chi connectivity index (χ3v) is 2.96. The zero-order valence-corrected chi connectivity index (χ0v) is 10.9. The largest absolute Gasteiger partial charge is 0.573 e. The highest BCUT2D eigenvalue weighted by Gasteiger charge is 2.32. The van der Waals surface area contributed by atoms with E-state index in [2.05, 4.69) is 15.0 Å². The van der Waals surface area contributed by atoms with Crippen LogP contribution in [0.15, 0.2) is 24.3 Å². The molecule has 0 atom stereocenters. The van der Waals surface area contributed by atoms with E-state index in [1.807, 2.05) is 0 Å². The van der Waals surface area contributed by atoms with E-state index in [0.29, 0.717) is 25.4 Å². The molecule has 1 N–H and O–H groups in total. The van der Waals surface area contributed by atoms with Gasteiger partial charge in [-0.2, -0.15) is 0 Å². The molecule has 112 valence electrons. The van der Waals surface area contributed by atoms with E-state index >= 15 is 0 Å². The summed E-state index contributed by atoms with van der Waals surface area (Å²) in [5, 5.41) is 2.98. The predicted molar refractivity (Wildman–Crippen MR) is 68.9 cm³/mol. The number of rotatable bonds is 5. The fourth-order valence-corrected chi connectivity index (χ4v) is 2.00. The SMILES string of the molecule is FC(F)(F)Oc1ccccc1NCCN1CCOCC1. The van der Waals surface area contributed by atoms with Crippen LogP contribution < -0.4 is 10.1 Å². The van der Waals surface area contributed by atoms with Crippen LogP contribution >= 0.6 is 0 Å². The quantitative estimate of drug-likeness (QED) is 0.902. The average Bonchev–Trinajstić information content (AvgIpc) is 2.40. The van der Waals surface area contributed by atoms with Crippen LogP contribution in [0.25, 0.3) is 0 Å². The van der Waals surface area contributed by atoms with Gasteiger partial charge in [0.2, 0.25) is 0 Å². The van der Waals surface area contributed by atoms with E-state index in [1.165, 1.54) is 12.1 Å². The summed E-state index contributed by atoms with van der Waals surface area (Å²) in [6, 6.07) is 6.04. The summed E-state index contributed by atoms with van der Waals surface area (Å²) in [5.41, 5.74) is 0.345. The van der Waals surface area contributed by atoms with E-state index in [1.54, 1.807) is 12.1 Å². The van der Waals surface area contributed by atoms with Crippen LogP contribution in [0.2, 0.25) is 0 Å². The van der Waals surface area contributed by atoms with E-state index in [9.17, 15) is 13.2 Å². The fourth-order valence-electron chi connectivity index (χ4n) is 2.00. The molecule has 0 spiro atoms. The first-order valence-electron chi connectivity index (χ1n) is 6.43. The van der Waals surface area contributed by atoms with Gasteiger partial charge in [0.15, 0.2) is 5.75 Å². The molecule has 1 heterocycles. The summed E-state index contributed by atoms with van der Waals surface area (Å²) < 4.78 is 46.0. The third-order valence-electron chi connectivity index (χ3n) is 2.96. The molecule has 0 aromatic heterocycles. The molecule has 0 bridgehead atoms. The van der Waals surface area contributed by atoms with Crippen LogP contribution in [0.3, 0.4) is 0 Å². The van der Waals surface area contributed by atoms with E-state index in [0.717, 1.165) is 19.6 Å². The maximum Gasteiger partial charge on any atom is 0.573 e. The molecule has 2 rings (SSSR count). The first kappa shape index (κ1) is 14.9. The van der Waals surface area contributed by atoms with Crippen molar-refractivity contribution in [1.82, 2.24) is 4.90 Å². The van der Waals surface area contributed by atoms with Gasteiger partial charge in [-0.15, -0.1) is 13.2 Å². The van der Waals surface area contributed by atoms with Crippen molar-refractivity contribution in [3.05, 3.63) is 24.3 Å². The number of nitrogens with one attached hydrogen (secondary N) is 1. The Bertz CT molecular complexity index is 420. The summed E-state index contributed by atoms with van der Waals surface area (Å²) in [6.07, 6.45) is -4.68. The van der Waals surface area contributed by atoms with Crippen LogP contribution in [0.1, 0.15) is 0 Å². The molecule has 0 radical (unpaired) electrons. The van der Waals surface area contributed by atoms with Gasteiger partial charge >= 0.3 is 6.36 Å². The molecule has 0 amide bonds. The summed E-state index contributed by atoms with van der Waals surface area (Å²) >= 11 is 0. The van der Waals surface area contributed by atoms with Gasteiger partial charge in [0, 0.05) is 26.2 Å². The Kier molecular flexibility index (Phi) is 5.08. The van der Waals surface area contributed by atoms with Crippen molar-refractivity contribution in [3.63, 3.8) is 0 Å². The van der Waals surface area contributed by atoms with Crippen molar-refractivity contribution >= 4 is 5.69 Å². The van der Waals surface area contributed by atoms with Crippen molar-refractivity contribution in [3.8, 4) is 5.75 Å². The molecule has 0 aliphatic carbocycles. The minimum atomic E-state index is -4.68. The zero-order chi connectivity index (χ0) is 14.4. The van der Waals surface area contributed by atoms with Gasteiger partial charge in [-0.3, -0.25) is 4.90 Å². The number of nitrogens with zero attached hydrogens (tertiary/aromatic N) is 1. The van der Waals surface area contributed by atoms with Gasteiger partial charge in [-0.25, -0.2) is 0 Å². The first-order valence-corrected chi connectivity index (χ1v) is 6.43. The molecule has 4 nitrogen and oxygen atoms in total. The Labute approximate surface area is 115 Å². The predicted octanol–water partition coefficient (Wildman–Crippen LogP) is 2.33. The molecule has 1 aliphatic heterocycles. The van der Waals surface area contributed by atoms with Gasteiger partial charge in [0.25, 0.3) is 0 Å². The number of hydrogen-bond donors (Lipinski definition) is 1. The minimum absolute atomic E-state index is 0.207. The Hall–Kier alpha value is -1.47. The molecule has 0 unspecified atom stereocenters. The van der Waals surface area contributed by atoms with Gasteiger partial charge < -0.3 is 14.8 Å². The van der Waals surface area contributed by atoms with E-state index < -0.39 is 6.36 Å². The van der Waals surface area contributed by atoms with E-state index in [4.69, 9.17) is 4.74 Å². The van der Waals surface area contributed by atoms with Crippen molar-refractivity contribution in [2.24, 2.45) is 0 Å². The molecular formula is C13H17F3N2O2. The van der Waals surface area contributed by atoms with Gasteiger partial charge in [0.1, 0.15) is 0 Å². The van der Waals surface area contributed by atoms with Crippen molar-refractivity contribution in [1.29, 1.82) is 0 Å². The summed E-state index contributed by atoms with van der Waals surface area (Å²) in [6.45, 7) is 4.41. The van der Waals surface area contributed by atoms with Gasteiger partial charge in [-0.1, -0.05) is 12.1 Å². The van der Waals surface area contributed by atoms with Crippen LogP contribution in [-0.2, 0) is 4.74 Å². The second kappa shape index (κ2) is 6.81. The molecule has 0 saturated carbocycles. The number of morpholine rings is 1. The average molecular weight is 290 g/mol. The van der Waals surface area contributed by atoms with Gasteiger partial charge in [-0.05, 0) is 12.1 Å². The number of alkyl halides is 3. The lowest BCUT2D eigenvalue weighted by Gasteiger charge is -2.26. The van der Waals surface area contributed by atoms with Crippen molar-refractivity contribution in [2.45, 2.75) is 6.36 Å². The number of anilines is 1. The number of para-hydroxylation sites is 2.